The Morgan fingerprint density at radius 1 is 1.00 bits per heavy atom. The first-order valence-corrected chi connectivity index (χ1v) is 10.3. The summed E-state index contributed by atoms with van der Waals surface area (Å²) in [6.45, 7) is 9.49. The van der Waals surface area contributed by atoms with Crippen molar-refractivity contribution in [3.63, 3.8) is 0 Å². The molecular formula is C24H33NO3. The van der Waals surface area contributed by atoms with Crippen molar-refractivity contribution in [1.82, 2.24) is 5.32 Å². The normalized spacial score (nSPS) is 11.9. The Morgan fingerprint density at radius 2 is 1.61 bits per heavy atom. The van der Waals surface area contributed by atoms with E-state index in [0.29, 0.717) is 30.3 Å². The number of nitrogens with one attached hydrogen (secondary N) is 1. The van der Waals surface area contributed by atoms with Gasteiger partial charge < -0.3 is 14.8 Å². The van der Waals surface area contributed by atoms with Gasteiger partial charge in [-0.1, -0.05) is 30.3 Å². The van der Waals surface area contributed by atoms with Gasteiger partial charge in [-0.2, -0.15) is 0 Å². The number of carbonyl (C=O) groups is 1. The fourth-order valence-corrected chi connectivity index (χ4v) is 3.28. The zero-order chi connectivity index (χ0) is 20.4. The predicted molar refractivity (Wildman–Crippen MR) is 115 cm³/mol. The van der Waals surface area contributed by atoms with Crippen LogP contribution in [0.3, 0.4) is 0 Å². The highest BCUT2D eigenvalue weighted by atomic mass is 16.5. The zero-order valence-electron chi connectivity index (χ0n) is 17.6. The van der Waals surface area contributed by atoms with Crippen LogP contribution in [0, 0.1) is 0 Å². The Labute approximate surface area is 169 Å². The van der Waals surface area contributed by atoms with Crippen LogP contribution in [0.5, 0.6) is 11.5 Å². The monoisotopic (exact) mass is 383 g/mol. The number of aryl methyl sites for hydroxylation is 1. The molecule has 28 heavy (non-hydrogen) atoms. The van der Waals surface area contributed by atoms with Crippen LogP contribution in [0.1, 0.15) is 68.1 Å². The number of ketones is 1. The lowest BCUT2D eigenvalue weighted by molar-refractivity contribution is 0.101. The molecule has 1 unspecified atom stereocenters. The van der Waals surface area contributed by atoms with Crippen LogP contribution in [0.2, 0.25) is 0 Å². The molecule has 4 heteroatoms. The highest BCUT2D eigenvalue weighted by Gasteiger charge is 2.19. The average Bonchev–Trinajstić information content (AvgIpc) is 2.68. The average molecular weight is 384 g/mol. The quantitative estimate of drug-likeness (QED) is 0.396. The van der Waals surface area contributed by atoms with Crippen molar-refractivity contribution in [1.29, 1.82) is 0 Å². The Bertz CT molecular complexity index is 716. The molecule has 1 atom stereocenters. The van der Waals surface area contributed by atoms with Gasteiger partial charge in [-0.25, -0.2) is 0 Å². The van der Waals surface area contributed by atoms with E-state index in [1.165, 1.54) is 5.56 Å². The van der Waals surface area contributed by atoms with Gasteiger partial charge in [0.2, 0.25) is 0 Å². The number of rotatable bonds is 12. The van der Waals surface area contributed by atoms with Gasteiger partial charge in [0.25, 0.3) is 0 Å². The molecule has 0 saturated heterocycles. The van der Waals surface area contributed by atoms with E-state index >= 15 is 0 Å². The topological polar surface area (TPSA) is 47.6 Å². The van der Waals surface area contributed by atoms with Crippen LogP contribution in [-0.2, 0) is 6.42 Å². The second-order valence-corrected chi connectivity index (χ2v) is 6.93. The van der Waals surface area contributed by atoms with Crippen molar-refractivity contribution in [2.75, 3.05) is 19.8 Å². The van der Waals surface area contributed by atoms with Crippen LogP contribution < -0.4 is 14.8 Å². The van der Waals surface area contributed by atoms with Crippen molar-refractivity contribution in [2.45, 2.75) is 53.0 Å². The van der Waals surface area contributed by atoms with E-state index in [0.717, 1.165) is 31.4 Å². The smallest absolute Gasteiger partial charge is 0.167 e. The lowest BCUT2D eigenvalue weighted by Gasteiger charge is -2.20. The molecule has 2 aromatic rings. The first-order chi connectivity index (χ1) is 13.6. The van der Waals surface area contributed by atoms with E-state index < -0.39 is 0 Å². The van der Waals surface area contributed by atoms with Gasteiger partial charge in [-0.15, -0.1) is 0 Å². The van der Waals surface area contributed by atoms with E-state index in [9.17, 15) is 4.79 Å². The fourth-order valence-electron chi connectivity index (χ4n) is 3.28. The third kappa shape index (κ3) is 6.38. The summed E-state index contributed by atoms with van der Waals surface area (Å²) in [4.78, 5) is 12.1. The summed E-state index contributed by atoms with van der Waals surface area (Å²) in [5, 5.41) is 3.58. The second kappa shape index (κ2) is 11.5. The summed E-state index contributed by atoms with van der Waals surface area (Å²) in [5.41, 5.74) is 2.99. The molecule has 0 amide bonds. The number of Topliss-reactive ketones (excluding diaryl/α,β-unsaturated/α-hetero) is 1. The number of hydrogen-bond acceptors (Lipinski definition) is 4. The van der Waals surface area contributed by atoms with Gasteiger partial charge in [-0.3, -0.25) is 4.79 Å². The second-order valence-electron chi connectivity index (χ2n) is 6.93. The molecule has 0 aliphatic carbocycles. The maximum absolute atomic E-state index is 12.1. The maximum atomic E-state index is 12.1. The minimum Gasteiger partial charge on any atom is -0.493 e. The highest BCUT2D eigenvalue weighted by molar-refractivity contribution is 5.99. The Balaban J connectivity index is 1.99. The molecule has 0 bridgehead atoms. The standard InChI is InChI=1S/C24H33NO3/c1-5-27-22-16-21(17-23(28-6-2)24(22)19(4)26)18(3)25-15-11-10-14-20-12-8-7-9-13-20/h7-9,12-13,16-18,25H,5-6,10-11,14-15H2,1-4H3. The fraction of sp³-hybridized carbons (Fsp3) is 0.458. The summed E-state index contributed by atoms with van der Waals surface area (Å²) in [6, 6.07) is 14.7. The van der Waals surface area contributed by atoms with E-state index in [2.05, 4.69) is 42.6 Å². The van der Waals surface area contributed by atoms with E-state index in [1.807, 2.05) is 26.0 Å². The van der Waals surface area contributed by atoms with Crippen molar-refractivity contribution >= 4 is 5.78 Å². The van der Waals surface area contributed by atoms with Crippen LogP contribution in [0.15, 0.2) is 42.5 Å². The molecule has 4 nitrogen and oxygen atoms in total. The largest absolute Gasteiger partial charge is 0.493 e. The number of unbranched alkanes of at least 4 members (excludes halogenated alkanes) is 1. The molecule has 0 fully saturated rings. The molecule has 152 valence electrons. The zero-order valence-corrected chi connectivity index (χ0v) is 17.6. The van der Waals surface area contributed by atoms with Gasteiger partial charge in [0.1, 0.15) is 17.1 Å². The Morgan fingerprint density at radius 3 is 2.14 bits per heavy atom. The van der Waals surface area contributed by atoms with Crippen molar-refractivity contribution in [3.8, 4) is 11.5 Å². The van der Waals surface area contributed by atoms with Gasteiger partial charge >= 0.3 is 0 Å². The molecule has 0 spiro atoms. The lowest BCUT2D eigenvalue weighted by Crippen LogP contribution is -2.20. The van der Waals surface area contributed by atoms with Crippen LogP contribution >= 0.6 is 0 Å². The molecule has 0 aliphatic rings. The predicted octanol–water partition coefficient (Wildman–Crippen LogP) is 5.36. The molecule has 0 aromatic heterocycles. The minimum absolute atomic E-state index is 0.0417. The molecular weight excluding hydrogens is 350 g/mol. The molecule has 0 heterocycles. The van der Waals surface area contributed by atoms with Crippen LogP contribution in [0.4, 0.5) is 0 Å². The van der Waals surface area contributed by atoms with Crippen molar-refractivity contribution < 1.29 is 14.3 Å². The Hall–Kier alpha value is -2.33. The minimum atomic E-state index is -0.0417. The van der Waals surface area contributed by atoms with Gasteiger partial charge in [0.15, 0.2) is 5.78 Å². The third-order valence-electron chi connectivity index (χ3n) is 4.73. The SMILES string of the molecule is CCOc1cc(C(C)NCCCCc2ccccc2)cc(OCC)c1C(C)=O. The van der Waals surface area contributed by atoms with E-state index in [4.69, 9.17) is 9.47 Å². The summed E-state index contributed by atoms with van der Waals surface area (Å²) >= 11 is 0. The number of hydrogen-bond donors (Lipinski definition) is 1. The first-order valence-electron chi connectivity index (χ1n) is 10.3. The lowest BCUT2D eigenvalue weighted by atomic mass is 10.0. The van der Waals surface area contributed by atoms with Gasteiger partial charge in [-0.05, 0) is 76.8 Å². The maximum Gasteiger partial charge on any atom is 0.167 e. The molecule has 0 aliphatic heterocycles. The van der Waals surface area contributed by atoms with Crippen molar-refractivity contribution in [2.24, 2.45) is 0 Å². The molecule has 2 rings (SSSR count). The summed E-state index contributed by atoms with van der Waals surface area (Å²) < 4.78 is 11.5. The highest BCUT2D eigenvalue weighted by Crippen LogP contribution is 2.33. The van der Waals surface area contributed by atoms with Gasteiger partial charge in [0, 0.05) is 6.04 Å². The summed E-state index contributed by atoms with van der Waals surface area (Å²) in [5.74, 6) is 1.17. The Kier molecular flexibility index (Phi) is 9.02. The molecule has 0 saturated carbocycles. The van der Waals surface area contributed by atoms with Crippen molar-refractivity contribution in [3.05, 3.63) is 59.2 Å². The van der Waals surface area contributed by atoms with Gasteiger partial charge in [0.05, 0.1) is 13.2 Å². The van der Waals surface area contributed by atoms with Crippen LogP contribution in [0.25, 0.3) is 0 Å². The molecule has 2 aromatic carbocycles. The van der Waals surface area contributed by atoms with E-state index in [1.54, 1.807) is 6.92 Å². The number of benzene rings is 2. The third-order valence-corrected chi connectivity index (χ3v) is 4.73. The van der Waals surface area contributed by atoms with E-state index in [-0.39, 0.29) is 11.8 Å². The summed E-state index contributed by atoms with van der Waals surface area (Å²) in [6.07, 6.45) is 3.37. The molecule has 1 N–H and O–H groups in total. The van der Waals surface area contributed by atoms with Crippen LogP contribution in [-0.4, -0.2) is 25.5 Å². The molecule has 0 radical (unpaired) electrons. The number of carbonyl (C=O) groups excluding carboxylic acids is 1. The summed E-state index contributed by atoms with van der Waals surface area (Å²) in [7, 11) is 0. The first kappa shape index (κ1) is 22.0. The number of ether oxygens (including phenoxy) is 2.